The van der Waals surface area contributed by atoms with Crippen molar-refractivity contribution in [3.05, 3.63) is 65.7 Å². The highest BCUT2D eigenvalue weighted by Gasteiger charge is 2.39. The number of methoxy groups -OCH3 is 1. The van der Waals surface area contributed by atoms with E-state index in [1.165, 1.54) is 0 Å². The number of benzene rings is 2. The van der Waals surface area contributed by atoms with Gasteiger partial charge in [-0.25, -0.2) is 0 Å². The minimum Gasteiger partial charge on any atom is -0.496 e. The molecule has 1 N–H and O–H groups in total. The van der Waals surface area contributed by atoms with Gasteiger partial charge in [-0.2, -0.15) is 0 Å². The van der Waals surface area contributed by atoms with Crippen molar-refractivity contribution < 1.29 is 9.53 Å². The minimum atomic E-state index is -0.314. The largest absolute Gasteiger partial charge is 0.496 e. The molecule has 2 unspecified atom stereocenters. The first-order valence-corrected chi connectivity index (χ1v) is 6.93. The number of amides is 1. The summed E-state index contributed by atoms with van der Waals surface area (Å²) in [6.07, 6.45) is -0.182. The predicted molar refractivity (Wildman–Crippen MR) is 80.8 cm³/mol. The standard InChI is InChI=1S/C17H18N2O2/c1-19-16(13-10-6-7-11-14(13)21-2)18-15(17(19)20)12-8-4-3-5-9-12/h3-11,15-16,18H,1-2H3. The van der Waals surface area contributed by atoms with Gasteiger partial charge in [-0.1, -0.05) is 48.5 Å². The lowest BCUT2D eigenvalue weighted by molar-refractivity contribution is -0.128. The molecule has 21 heavy (non-hydrogen) atoms. The van der Waals surface area contributed by atoms with Crippen LogP contribution in [0.25, 0.3) is 0 Å². The number of likely N-dealkylation sites (N-methyl/N-ethyl adjacent to an activating group) is 1. The number of hydrogen-bond donors (Lipinski definition) is 1. The summed E-state index contributed by atoms with van der Waals surface area (Å²) in [5.41, 5.74) is 1.95. The zero-order chi connectivity index (χ0) is 14.8. The van der Waals surface area contributed by atoms with E-state index in [0.29, 0.717) is 0 Å². The topological polar surface area (TPSA) is 41.6 Å². The molecule has 4 heteroatoms. The minimum absolute atomic E-state index is 0.0668. The SMILES string of the molecule is COc1ccccc1C1NC(c2ccccc2)C(=O)N1C. The molecule has 0 aromatic heterocycles. The number of carbonyl (C=O) groups is 1. The molecule has 2 aromatic rings. The average Bonchev–Trinajstić information content (AvgIpc) is 2.84. The number of nitrogens with one attached hydrogen (secondary N) is 1. The molecule has 1 aliphatic heterocycles. The Morgan fingerprint density at radius 1 is 1.05 bits per heavy atom. The van der Waals surface area contributed by atoms with Crippen LogP contribution in [-0.2, 0) is 4.79 Å². The van der Waals surface area contributed by atoms with E-state index in [-0.39, 0.29) is 18.1 Å². The summed E-state index contributed by atoms with van der Waals surface area (Å²) in [5.74, 6) is 0.848. The lowest BCUT2D eigenvalue weighted by Gasteiger charge is -2.21. The summed E-state index contributed by atoms with van der Waals surface area (Å²) in [6.45, 7) is 0. The second-order valence-electron chi connectivity index (χ2n) is 5.10. The molecular weight excluding hydrogens is 264 g/mol. The molecule has 1 heterocycles. The maximum Gasteiger partial charge on any atom is 0.245 e. The highest BCUT2D eigenvalue weighted by molar-refractivity contribution is 5.85. The molecule has 0 radical (unpaired) electrons. The molecule has 2 aromatic carbocycles. The van der Waals surface area contributed by atoms with Crippen LogP contribution in [0.15, 0.2) is 54.6 Å². The van der Waals surface area contributed by atoms with Gasteiger partial charge >= 0.3 is 0 Å². The van der Waals surface area contributed by atoms with Crippen LogP contribution < -0.4 is 10.1 Å². The van der Waals surface area contributed by atoms with Gasteiger partial charge in [-0.05, 0) is 11.6 Å². The van der Waals surface area contributed by atoms with Crippen LogP contribution in [0, 0.1) is 0 Å². The van der Waals surface area contributed by atoms with E-state index in [1.807, 2.05) is 61.6 Å². The molecule has 1 aliphatic rings. The van der Waals surface area contributed by atoms with Crippen molar-refractivity contribution in [3.8, 4) is 5.75 Å². The van der Waals surface area contributed by atoms with Crippen LogP contribution in [0.4, 0.5) is 0 Å². The smallest absolute Gasteiger partial charge is 0.245 e. The maximum absolute atomic E-state index is 12.5. The Labute approximate surface area is 124 Å². The molecule has 108 valence electrons. The van der Waals surface area contributed by atoms with Crippen molar-refractivity contribution in [3.63, 3.8) is 0 Å². The van der Waals surface area contributed by atoms with Crippen molar-refractivity contribution in [1.82, 2.24) is 10.2 Å². The van der Waals surface area contributed by atoms with Crippen LogP contribution in [0.2, 0.25) is 0 Å². The Balaban J connectivity index is 1.94. The van der Waals surface area contributed by atoms with Gasteiger partial charge in [0.25, 0.3) is 0 Å². The molecule has 0 bridgehead atoms. The lowest BCUT2D eigenvalue weighted by atomic mass is 10.1. The zero-order valence-electron chi connectivity index (χ0n) is 12.1. The third-order valence-electron chi connectivity index (χ3n) is 3.87. The lowest BCUT2D eigenvalue weighted by Crippen LogP contribution is -2.26. The molecule has 1 fully saturated rings. The molecule has 0 aliphatic carbocycles. The van der Waals surface area contributed by atoms with Crippen molar-refractivity contribution in [2.45, 2.75) is 12.2 Å². The Morgan fingerprint density at radius 2 is 1.71 bits per heavy atom. The van der Waals surface area contributed by atoms with E-state index in [0.717, 1.165) is 16.9 Å². The quantitative estimate of drug-likeness (QED) is 0.940. The Bertz CT molecular complexity index is 642. The summed E-state index contributed by atoms with van der Waals surface area (Å²) >= 11 is 0. The summed E-state index contributed by atoms with van der Waals surface area (Å²) in [6, 6.07) is 17.2. The summed E-state index contributed by atoms with van der Waals surface area (Å²) in [4.78, 5) is 14.2. The summed E-state index contributed by atoms with van der Waals surface area (Å²) < 4.78 is 5.40. The molecule has 1 saturated heterocycles. The first kappa shape index (κ1) is 13.6. The third kappa shape index (κ3) is 2.38. The fraction of sp³-hybridized carbons (Fsp3) is 0.235. The second-order valence-corrected chi connectivity index (χ2v) is 5.10. The number of carbonyl (C=O) groups excluding carboxylic acids is 1. The van der Waals surface area contributed by atoms with Crippen LogP contribution in [0.1, 0.15) is 23.3 Å². The monoisotopic (exact) mass is 282 g/mol. The van der Waals surface area contributed by atoms with Crippen LogP contribution >= 0.6 is 0 Å². The van der Waals surface area contributed by atoms with Gasteiger partial charge < -0.3 is 9.64 Å². The van der Waals surface area contributed by atoms with Crippen molar-refractivity contribution in [2.24, 2.45) is 0 Å². The van der Waals surface area contributed by atoms with Gasteiger partial charge in [0.15, 0.2) is 0 Å². The van der Waals surface area contributed by atoms with E-state index >= 15 is 0 Å². The zero-order valence-corrected chi connectivity index (χ0v) is 12.1. The Morgan fingerprint density at radius 3 is 2.43 bits per heavy atom. The Kier molecular flexibility index (Phi) is 3.62. The van der Waals surface area contributed by atoms with Crippen LogP contribution in [-0.4, -0.2) is 25.0 Å². The van der Waals surface area contributed by atoms with Gasteiger partial charge in [0.05, 0.1) is 7.11 Å². The van der Waals surface area contributed by atoms with Crippen molar-refractivity contribution >= 4 is 5.91 Å². The highest BCUT2D eigenvalue weighted by atomic mass is 16.5. The molecule has 0 spiro atoms. The predicted octanol–water partition coefficient (Wildman–Crippen LogP) is 2.50. The van der Waals surface area contributed by atoms with Crippen LogP contribution in [0.5, 0.6) is 5.75 Å². The first-order valence-electron chi connectivity index (χ1n) is 6.93. The maximum atomic E-state index is 12.5. The van der Waals surface area contributed by atoms with E-state index in [9.17, 15) is 4.79 Å². The van der Waals surface area contributed by atoms with Gasteiger partial charge in [-0.3, -0.25) is 10.1 Å². The van der Waals surface area contributed by atoms with Gasteiger partial charge in [0, 0.05) is 12.6 Å². The van der Waals surface area contributed by atoms with E-state index in [1.54, 1.807) is 12.0 Å². The Hall–Kier alpha value is -2.33. The van der Waals surface area contributed by atoms with E-state index < -0.39 is 0 Å². The van der Waals surface area contributed by atoms with E-state index in [4.69, 9.17) is 4.74 Å². The van der Waals surface area contributed by atoms with E-state index in [2.05, 4.69) is 5.32 Å². The molecule has 2 atom stereocenters. The fourth-order valence-corrected chi connectivity index (χ4v) is 2.75. The highest BCUT2D eigenvalue weighted by Crippen LogP contribution is 2.35. The first-order chi connectivity index (χ1) is 10.2. The number of rotatable bonds is 3. The number of hydrogen-bond acceptors (Lipinski definition) is 3. The van der Waals surface area contributed by atoms with Crippen LogP contribution in [0.3, 0.4) is 0 Å². The molecule has 4 nitrogen and oxygen atoms in total. The molecule has 3 rings (SSSR count). The number of para-hydroxylation sites is 1. The summed E-state index contributed by atoms with van der Waals surface area (Å²) in [5, 5.41) is 3.39. The third-order valence-corrected chi connectivity index (χ3v) is 3.87. The van der Waals surface area contributed by atoms with Gasteiger partial charge in [-0.15, -0.1) is 0 Å². The fourth-order valence-electron chi connectivity index (χ4n) is 2.75. The van der Waals surface area contributed by atoms with Gasteiger partial charge in [0.2, 0.25) is 5.91 Å². The average molecular weight is 282 g/mol. The molecule has 0 saturated carbocycles. The molecule has 1 amide bonds. The van der Waals surface area contributed by atoms with Crippen molar-refractivity contribution in [1.29, 1.82) is 0 Å². The van der Waals surface area contributed by atoms with Crippen molar-refractivity contribution in [2.75, 3.05) is 14.2 Å². The second kappa shape index (κ2) is 5.58. The summed E-state index contributed by atoms with van der Waals surface area (Å²) in [7, 11) is 3.46. The normalized spacial score (nSPS) is 21.6. The molecular formula is C17H18N2O2. The number of nitrogens with zero attached hydrogens (tertiary/aromatic N) is 1. The number of ether oxygens (including phenoxy) is 1. The van der Waals surface area contributed by atoms with Gasteiger partial charge in [0.1, 0.15) is 18.0 Å².